The van der Waals surface area contributed by atoms with E-state index in [1.165, 1.54) is 36.8 Å². The molecule has 206 valence electrons. The van der Waals surface area contributed by atoms with Gasteiger partial charge in [0.15, 0.2) is 6.61 Å². The molecule has 40 heavy (non-hydrogen) atoms. The van der Waals surface area contributed by atoms with Crippen molar-refractivity contribution in [3.05, 3.63) is 83.9 Å². The number of esters is 1. The molecule has 9 heteroatoms. The number of fused-ring (bicyclic) bond motifs is 1. The third-order valence-electron chi connectivity index (χ3n) is 7.57. The Kier molecular flexibility index (Phi) is 7.82. The Bertz CT molecular complexity index is 1420. The monoisotopic (exact) mass is 542 g/mol. The van der Waals surface area contributed by atoms with Crippen LogP contribution in [0, 0.1) is 11.8 Å². The lowest BCUT2D eigenvalue weighted by molar-refractivity contribution is -0.122. The van der Waals surface area contributed by atoms with Gasteiger partial charge in [-0.2, -0.15) is 0 Å². The molecule has 3 aromatic carbocycles. The van der Waals surface area contributed by atoms with E-state index < -0.39 is 18.5 Å². The number of amides is 3. The number of benzene rings is 3. The van der Waals surface area contributed by atoms with E-state index in [-0.39, 0.29) is 35.1 Å². The van der Waals surface area contributed by atoms with Crippen LogP contribution < -0.4 is 19.7 Å². The highest BCUT2D eigenvalue weighted by Gasteiger charge is 2.50. The minimum Gasteiger partial charge on any atom is -0.497 e. The minimum atomic E-state index is -0.710. The summed E-state index contributed by atoms with van der Waals surface area (Å²) >= 11 is 0. The second-order valence-electron chi connectivity index (χ2n) is 9.88. The number of carbonyl (C=O) groups is 4. The van der Waals surface area contributed by atoms with Gasteiger partial charge in [0, 0.05) is 6.07 Å². The van der Waals surface area contributed by atoms with Gasteiger partial charge < -0.3 is 19.5 Å². The van der Waals surface area contributed by atoms with Crippen LogP contribution in [0.4, 0.5) is 11.4 Å². The van der Waals surface area contributed by atoms with Gasteiger partial charge in [0.2, 0.25) is 11.8 Å². The molecule has 5 rings (SSSR count). The number of methoxy groups -OCH3 is 2. The lowest BCUT2D eigenvalue weighted by Gasteiger charge is -2.28. The van der Waals surface area contributed by atoms with Gasteiger partial charge in [-0.25, -0.2) is 4.79 Å². The predicted octanol–water partition coefficient (Wildman–Crippen LogP) is 4.57. The van der Waals surface area contributed by atoms with Crippen molar-refractivity contribution >= 4 is 35.1 Å². The van der Waals surface area contributed by atoms with Crippen LogP contribution >= 0.6 is 0 Å². The molecule has 0 spiro atoms. The summed E-state index contributed by atoms with van der Waals surface area (Å²) in [5.41, 5.74) is 2.18. The van der Waals surface area contributed by atoms with E-state index in [0.717, 1.165) is 6.42 Å². The highest BCUT2D eigenvalue weighted by atomic mass is 16.5. The van der Waals surface area contributed by atoms with Crippen LogP contribution in [0.25, 0.3) is 0 Å². The maximum Gasteiger partial charge on any atom is 0.338 e. The van der Waals surface area contributed by atoms with Gasteiger partial charge in [0.1, 0.15) is 11.5 Å². The van der Waals surface area contributed by atoms with E-state index in [1.54, 1.807) is 30.3 Å². The third-order valence-corrected chi connectivity index (χ3v) is 7.57. The SMILES string of the molecule is COc1ccc(OC)c(NC(=O)COC(=O)c2ccc(N3C(=O)[C@H]4C[C@H](c5ccccc5)CC[C@H]4C3=O)cc2)c1. The quantitative estimate of drug-likeness (QED) is 0.328. The number of hydrogen-bond acceptors (Lipinski definition) is 7. The van der Waals surface area contributed by atoms with Crippen LogP contribution in [0.2, 0.25) is 0 Å². The maximum absolute atomic E-state index is 13.3. The van der Waals surface area contributed by atoms with E-state index in [0.29, 0.717) is 35.7 Å². The maximum atomic E-state index is 13.3. The summed E-state index contributed by atoms with van der Waals surface area (Å²) in [6.07, 6.45) is 2.17. The van der Waals surface area contributed by atoms with Crippen molar-refractivity contribution in [3.8, 4) is 11.5 Å². The van der Waals surface area contributed by atoms with Crippen molar-refractivity contribution in [2.45, 2.75) is 25.2 Å². The Morgan fingerprint density at radius 1 is 0.875 bits per heavy atom. The molecule has 1 N–H and O–H groups in total. The normalized spacial score (nSPS) is 20.1. The Morgan fingerprint density at radius 2 is 1.60 bits per heavy atom. The van der Waals surface area contributed by atoms with E-state index in [2.05, 4.69) is 17.4 Å². The molecular weight excluding hydrogens is 512 g/mol. The Morgan fingerprint density at radius 3 is 2.30 bits per heavy atom. The molecule has 0 aromatic heterocycles. The Labute approximate surface area is 232 Å². The number of anilines is 2. The smallest absolute Gasteiger partial charge is 0.338 e. The first kappa shape index (κ1) is 26.9. The molecular formula is C31H30N2O7. The predicted molar refractivity (Wildman–Crippen MR) is 147 cm³/mol. The van der Waals surface area contributed by atoms with Crippen LogP contribution in [0.3, 0.4) is 0 Å². The number of hydrogen-bond donors (Lipinski definition) is 1. The largest absolute Gasteiger partial charge is 0.497 e. The second-order valence-corrected chi connectivity index (χ2v) is 9.88. The van der Waals surface area contributed by atoms with Gasteiger partial charge in [-0.1, -0.05) is 30.3 Å². The standard InChI is InChI=1S/C31H30N2O7/c1-38-23-13-15-27(39-2)26(17-23)32-28(34)18-40-31(37)20-8-11-22(12-9-20)33-29(35)24-14-10-21(16-25(24)30(33)36)19-6-4-3-5-7-19/h3-9,11-13,15,17,21,24-25H,10,14,16,18H2,1-2H3,(H,32,34)/t21-,24-,25+/m1/s1. The zero-order chi connectivity index (χ0) is 28.2. The first-order valence-corrected chi connectivity index (χ1v) is 13.1. The highest BCUT2D eigenvalue weighted by Crippen LogP contribution is 2.45. The average molecular weight is 543 g/mol. The summed E-state index contributed by atoms with van der Waals surface area (Å²) in [7, 11) is 2.98. The van der Waals surface area contributed by atoms with Crippen molar-refractivity contribution in [3.63, 3.8) is 0 Å². The third kappa shape index (κ3) is 5.40. The van der Waals surface area contributed by atoms with Crippen LogP contribution in [-0.2, 0) is 19.1 Å². The van der Waals surface area contributed by atoms with E-state index >= 15 is 0 Å². The summed E-state index contributed by atoms with van der Waals surface area (Å²) in [5, 5.41) is 2.63. The lowest BCUT2D eigenvalue weighted by Crippen LogP contribution is -2.30. The molecule has 0 unspecified atom stereocenters. The number of imide groups is 1. The number of rotatable bonds is 8. The molecule has 0 radical (unpaired) electrons. The summed E-state index contributed by atoms with van der Waals surface area (Å²) in [4.78, 5) is 52.7. The van der Waals surface area contributed by atoms with Crippen molar-refractivity contribution in [1.82, 2.24) is 0 Å². The van der Waals surface area contributed by atoms with E-state index in [9.17, 15) is 19.2 Å². The minimum absolute atomic E-state index is 0.191. The number of carbonyl (C=O) groups excluding carboxylic acids is 4. The zero-order valence-electron chi connectivity index (χ0n) is 22.3. The summed E-state index contributed by atoms with van der Waals surface area (Å²) in [6.45, 7) is -0.518. The molecule has 2 fully saturated rings. The van der Waals surface area contributed by atoms with Gasteiger partial charge in [0.25, 0.3) is 5.91 Å². The molecule has 1 heterocycles. The molecule has 1 aliphatic carbocycles. The van der Waals surface area contributed by atoms with Crippen LogP contribution in [0.15, 0.2) is 72.8 Å². The van der Waals surface area contributed by atoms with Crippen molar-refractivity contribution in [1.29, 1.82) is 0 Å². The number of ether oxygens (including phenoxy) is 3. The van der Waals surface area contributed by atoms with Gasteiger partial charge in [-0.15, -0.1) is 0 Å². The van der Waals surface area contributed by atoms with Crippen molar-refractivity contribution < 1.29 is 33.4 Å². The first-order valence-electron chi connectivity index (χ1n) is 13.1. The number of nitrogens with zero attached hydrogens (tertiary/aromatic N) is 1. The molecule has 1 saturated heterocycles. The highest BCUT2D eigenvalue weighted by molar-refractivity contribution is 6.22. The second kappa shape index (κ2) is 11.6. The molecule has 9 nitrogen and oxygen atoms in total. The molecule has 1 saturated carbocycles. The molecule has 2 aliphatic rings. The van der Waals surface area contributed by atoms with Crippen molar-refractivity contribution in [2.75, 3.05) is 31.0 Å². The molecule has 1 aliphatic heterocycles. The van der Waals surface area contributed by atoms with E-state index in [4.69, 9.17) is 14.2 Å². The molecule has 3 amide bonds. The first-order chi connectivity index (χ1) is 19.4. The fraction of sp³-hybridized carbons (Fsp3) is 0.290. The van der Waals surface area contributed by atoms with Gasteiger partial charge >= 0.3 is 5.97 Å². The fourth-order valence-electron chi connectivity index (χ4n) is 5.52. The Balaban J connectivity index is 1.19. The summed E-state index contributed by atoms with van der Waals surface area (Å²) in [5.74, 6) is -1.12. The average Bonchev–Trinajstić information content (AvgIpc) is 3.25. The fourth-order valence-corrected chi connectivity index (χ4v) is 5.52. The molecule has 3 aromatic rings. The van der Waals surface area contributed by atoms with Gasteiger partial charge in [-0.3, -0.25) is 19.3 Å². The zero-order valence-corrected chi connectivity index (χ0v) is 22.3. The van der Waals surface area contributed by atoms with Crippen LogP contribution in [-0.4, -0.2) is 44.5 Å². The van der Waals surface area contributed by atoms with E-state index in [1.807, 2.05) is 18.2 Å². The van der Waals surface area contributed by atoms with Gasteiger partial charge in [0.05, 0.1) is 43.0 Å². The van der Waals surface area contributed by atoms with Gasteiger partial charge in [-0.05, 0) is 67.1 Å². The van der Waals surface area contributed by atoms with Crippen LogP contribution in [0.5, 0.6) is 11.5 Å². The van der Waals surface area contributed by atoms with Crippen molar-refractivity contribution in [2.24, 2.45) is 11.8 Å². The molecule has 0 bridgehead atoms. The number of nitrogens with one attached hydrogen (secondary N) is 1. The lowest BCUT2D eigenvalue weighted by atomic mass is 9.73. The summed E-state index contributed by atoms with van der Waals surface area (Å²) < 4.78 is 15.6. The summed E-state index contributed by atoms with van der Waals surface area (Å²) in [6, 6.07) is 21.1. The Hall–Kier alpha value is -4.66. The van der Waals surface area contributed by atoms with Crippen LogP contribution in [0.1, 0.15) is 41.1 Å². The topological polar surface area (TPSA) is 111 Å². The molecule has 3 atom stereocenters.